The van der Waals surface area contributed by atoms with Gasteiger partial charge in [-0.05, 0) is 13.8 Å². The molecule has 0 bridgehead atoms. The maximum absolute atomic E-state index is 14.0. The summed E-state index contributed by atoms with van der Waals surface area (Å²) in [5, 5.41) is -0.337. The van der Waals surface area contributed by atoms with Gasteiger partial charge in [0.05, 0.1) is 29.2 Å². The van der Waals surface area contributed by atoms with Crippen LogP contribution in [0.5, 0.6) is 0 Å². The van der Waals surface area contributed by atoms with E-state index in [0.717, 1.165) is 6.20 Å². The van der Waals surface area contributed by atoms with Gasteiger partial charge in [0.2, 0.25) is 5.43 Å². The lowest BCUT2D eigenvalue weighted by Gasteiger charge is -2.16. The third-order valence-electron chi connectivity index (χ3n) is 4.15. The number of carbonyl (C=O) groups is 1. The smallest absolute Gasteiger partial charge is 0.343 e. The molecule has 0 saturated heterocycles. The molecule has 24 heavy (non-hydrogen) atoms. The zero-order valence-corrected chi connectivity index (χ0v) is 13.0. The SMILES string of the molecule is CCOC(=O)c1cn(C2CC2F)c2c(C)c(F)c(F)c(N)c2c1=O. The second-order valence-corrected chi connectivity index (χ2v) is 5.71. The third-order valence-corrected chi connectivity index (χ3v) is 4.15. The van der Waals surface area contributed by atoms with Crippen molar-refractivity contribution in [3.63, 3.8) is 0 Å². The van der Waals surface area contributed by atoms with Crippen molar-refractivity contribution < 1.29 is 22.7 Å². The van der Waals surface area contributed by atoms with Gasteiger partial charge in [0, 0.05) is 18.2 Å². The van der Waals surface area contributed by atoms with E-state index in [1.807, 2.05) is 0 Å². The fourth-order valence-corrected chi connectivity index (χ4v) is 2.82. The van der Waals surface area contributed by atoms with Crippen LogP contribution < -0.4 is 11.2 Å². The molecular weight excluding hydrogens is 325 g/mol. The Balaban J connectivity index is 2.45. The van der Waals surface area contributed by atoms with Crippen LogP contribution in [0.2, 0.25) is 0 Å². The van der Waals surface area contributed by atoms with E-state index in [2.05, 4.69) is 0 Å². The molecule has 1 aliphatic carbocycles. The number of pyridine rings is 1. The van der Waals surface area contributed by atoms with Gasteiger partial charge in [-0.1, -0.05) is 0 Å². The Kier molecular flexibility index (Phi) is 3.77. The van der Waals surface area contributed by atoms with Gasteiger partial charge < -0.3 is 15.0 Å². The summed E-state index contributed by atoms with van der Waals surface area (Å²) in [7, 11) is 0. The molecule has 0 aliphatic heterocycles. The molecule has 1 aliphatic rings. The predicted molar refractivity (Wildman–Crippen MR) is 81.8 cm³/mol. The number of anilines is 1. The molecule has 1 aromatic heterocycles. The Morgan fingerprint density at radius 2 is 2.04 bits per heavy atom. The summed E-state index contributed by atoms with van der Waals surface area (Å²) in [6.45, 7) is 2.86. The Labute approximate surface area is 134 Å². The molecule has 0 radical (unpaired) electrons. The molecule has 2 unspecified atom stereocenters. The minimum absolute atomic E-state index is 0.00500. The van der Waals surface area contributed by atoms with Crippen LogP contribution in [0.15, 0.2) is 11.0 Å². The first-order chi connectivity index (χ1) is 11.3. The lowest BCUT2D eigenvalue weighted by molar-refractivity contribution is 0.0524. The van der Waals surface area contributed by atoms with E-state index in [0.29, 0.717) is 0 Å². The van der Waals surface area contributed by atoms with Gasteiger partial charge in [-0.3, -0.25) is 4.79 Å². The zero-order valence-electron chi connectivity index (χ0n) is 13.0. The number of alkyl halides is 1. The number of ether oxygens (including phenoxy) is 1. The topological polar surface area (TPSA) is 74.3 Å². The Hall–Kier alpha value is -2.51. The van der Waals surface area contributed by atoms with Crippen LogP contribution >= 0.6 is 0 Å². The van der Waals surface area contributed by atoms with Crippen molar-refractivity contribution in [1.29, 1.82) is 0 Å². The highest BCUT2D eigenvalue weighted by atomic mass is 19.2. The second-order valence-electron chi connectivity index (χ2n) is 5.71. The zero-order chi connectivity index (χ0) is 17.8. The minimum atomic E-state index is -1.36. The molecule has 2 aromatic rings. The maximum atomic E-state index is 14.0. The molecule has 3 rings (SSSR count). The van der Waals surface area contributed by atoms with Crippen LogP contribution in [0, 0.1) is 18.6 Å². The van der Waals surface area contributed by atoms with E-state index in [-0.39, 0.29) is 35.1 Å². The summed E-state index contributed by atoms with van der Waals surface area (Å²) in [5.41, 5.74) is 3.46. The Morgan fingerprint density at radius 1 is 1.42 bits per heavy atom. The molecule has 2 atom stereocenters. The van der Waals surface area contributed by atoms with Crippen LogP contribution in [-0.4, -0.2) is 23.3 Å². The van der Waals surface area contributed by atoms with Gasteiger partial charge in [-0.2, -0.15) is 0 Å². The number of nitrogens with zero attached hydrogens (tertiary/aromatic N) is 1. The molecule has 1 saturated carbocycles. The monoisotopic (exact) mass is 340 g/mol. The number of esters is 1. The first kappa shape index (κ1) is 16.4. The highest BCUT2D eigenvalue weighted by molar-refractivity contribution is 5.99. The lowest BCUT2D eigenvalue weighted by Crippen LogP contribution is -2.23. The average molecular weight is 340 g/mol. The van der Waals surface area contributed by atoms with E-state index >= 15 is 0 Å². The van der Waals surface area contributed by atoms with Crippen LogP contribution in [-0.2, 0) is 4.74 Å². The van der Waals surface area contributed by atoms with Gasteiger partial charge in [-0.15, -0.1) is 0 Å². The average Bonchev–Trinajstić information content (AvgIpc) is 3.27. The lowest BCUT2D eigenvalue weighted by atomic mass is 10.0. The van der Waals surface area contributed by atoms with Crippen molar-refractivity contribution in [3.8, 4) is 0 Å². The molecule has 0 spiro atoms. The van der Waals surface area contributed by atoms with E-state index < -0.39 is 40.9 Å². The normalized spacial score (nSPS) is 19.5. The first-order valence-electron chi connectivity index (χ1n) is 7.42. The van der Waals surface area contributed by atoms with Gasteiger partial charge in [0.25, 0.3) is 0 Å². The van der Waals surface area contributed by atoms with Gasteiger partial charge in [0.15, 0.2) is 11.6 Å². The van der Waals surface area contributed by atoms with Crippen LogP contribution in [0.4, 0.5) is 18.9 Å². The molecule has 1 aromatic carbocycles. The van der Waals surface area contributed by atoms with Crippen molar-refractivity contribution in [2.24, 2.45) is 0 Å². The van der Waals surface area contributed by atoms with Crippen molar-refractivity contribution in [3.05, 3.63) is 39.2 Å². The van der Waals surface area contributed by atoms with E-state index in [4.69, 9.17) is 10.5 Å². The van der Waals surface area contributed by atoms with Gasteiger partial charge in [-0.25, -0.2) is 18.0 Å². The number of nitrogens with two attached hydrogens (primary N) is 1. The second kappa shape index (κ2) is 5.54. The number of fused-ring (bicyclic) bond motifs is 1. The number of benzene rings is 1. The Morgan fingerprint density at radius 3 is 2.58 bits per heavy atom. The summed E-state index contributed by atoms with van der Waals surface area (Å²) in [4.78, 5) is 24.6. The molecule has 1 fully saturated rings. The summed E-state index contributed by atoms with van der Waals surface area (Å²) in [6, 6.07) is -0.663. The van der Waals surface area contributed by atoms with Crippen LogP contribution in [0.1, 0.15) is 35.3 Å². The molecule has 1 heterocycles. The van der Waals surface area contributed by atoms with E-state index in [1.165, 1.54) is 11.5 Å². The van der Waals surface area contributed by atoms with Crippen molar-refractivity contribution in [2.45, 2.75) is 32.5 Å². The van der Waals surface area contributed by atoms with Crippen molar-refractivity contribution in [2.75, 3.05) is 12.3 Å². The fraction of sp³-hybridized carbons (Fsp3) is 0.375. The predicted octanol–water partition coefficient (Wildman–Crippen LogP) is 2.63. The molecule has 128 valence electrons. The summed E-state index contributed by atoms with van der Waals surface area (Å²) in [5.74, 6) is -3.48. The number of carbonyl (C=O) groups excluding carboxylic acids is 1. The largest absolute Gasteiger partial charge is 0.462 e. The summed E-state index contributed by atoms with van der Waals surface area (Å²) >= 11 is 0. The van der Waals surface area contributed by atoms with Crippen LogP contribution in [0.3, 0.4) is 0 Å². The number of aromatic nitrogens is 1. The van der Waals surface area contributed by atoms with Gasteiger partial charge in [0.1, 0.15) is 11.7 Å². The molecule has 8 heteroatoms. The number of hydrogen-bond acceptors (Lipinski definition) is 4. The summed E-state index contributed by atoms with van der Waals surface area (Å²) < 4.78 is 47.7. The third kappa shape index (κ3) is 2.24. The highest BCUT2D eigenvalue weighted by Gasteiger charge is 2.41. The van der Waals surface area contributed by atoms with Crippen LogP contribution in [0.25, 0.3) is 10.9 Å². The number of nitrogen functional groups attached to an aromatic ring is 1. The van der Waals surface area contributed by atoms with E-state index in [9.17, 15) is 22.8 Å². The van der Waals surface area contributed by atoms with Crippen molar-refractivity contribution >= 4 is 22.6 Å². The Bertz CT molecular complexity index is 923. The maximum Gasteiger partial charge on any atom is 0.343 e. The fourth-order valence-electron chi connectivity index (χ4n) is 2.82. The molecule has 2 N–H and O–H groups in total. The number of rotatable bonds is 3. The van der Waals surface area contributed by atoms with Gasteiger partial charge >= 0.3 is 5.97 Å². The standard InChI is InChI=1S/C16H15F3N2O3/c1-3-24-16(23)7-5-21(9-4-8(9)17)14-6(2)11(18)12(19)13(20)10(14)15(7)22/h5,8-9H,3-4,20H2,1-2H3. The highest BCUT2D eigenvalue weighted by Crippen LogP contribution is 2.42. The molecular formula is C16H15F3N2O3. The number of aryl methyl sites for hydroxylation is 1. The quantitative estimate of drug-likeness (QED) is 0.688. The van der Waals surface area contributed by atoms with E-state index in [1.54, 1.807) is 6.92 Å². The summed E-state index contributed by atoms with van der Waals surface area (Å²) in [6.07, 6.45) is 0.0921. The number of hydrogen-bond donors (Lipinski definition) is 1. The van der Waals surface area contributed by atoms with Crippen molar-refractivity contribution in [1.82, 2.24) is 4.57 Å². The molecule has 0 amide bonds. The number of halogens is 3. The minimum Gasteiger partial charge on any atom is -0.462 e. The first-order valence-corrected chi connectivity index (χ1v) is 7.42. The molecule has 5 nitrogen and oxygen atoms in total.